The van der Waals surface area contributed by atoms with Crippen LogP contribution in [0.3, 0.4) is 0 Å². The van der Waals surface area contributed by atoms with E-state index in [2.05, 4.69) is 6.07 Å². The average Bonchev–Trinajstić information content (AvgIpc) is 2.15. The fourth-order valence-electron chi connectivity index (χ4n) is 2.73. The molecule has 1 heterocycles. The van der Waals surface area contributed by atoms with Gasteiger partial charge >= 0.3 is 6.18 Å². The molecular weight excluding hydrogens is 217 g/mol. The first-order chi connectivity index (χ1) is 7.49. The van der Waals surface area contributed by atoms with Gasteiger partial charge in [0.1, 0.15) is 5.54 Å². The predicted molar refractivity (Wildman–Crippen MR) is 52.5 cm³/mol. The van der Waals surface area contributed by atoms with Gasteiger partial charge < -0.3 is 0 Å². The lowest BCUT2D eigenvalue weighted by Gasteiger charge is -2.52. The second kappa shape index (κ2) is 3.92. The van der Waals surface area contributed by atoms with Crippen LogP contribution in [0.25, 0.3) is 0 Å². The summed E-state index contributed by atoms with van der Waals surface area (Å²) in [7, 11) is 0. The zero-order valence-corrected chi connectivity index (χ0v) is 9.06. The van der Waals surface area contributed by atoms with Gasteiger partial charge in [-0.05, 0) is 32.1 Å². The van der Waals surface area contributed by atoms with E-state index in [4.69, 9.17) is 5.26 Å². The van der Waals surface area contributed by atoms with E-state index in [1.165, 1.54) is 0 Å². The topological polar surface area (TPSA) is 27.0 Å². The van der Waals surface area contributed by atoms with Gasteiger partial charge in [0.15, 0.2) is 0 Å². The number of piperidine rings is 1. The predicted octanol–water partition coefficient (Wildman–Crippen LogP) is 2.71. The Kier molecular flexibility index (Phi) is 2.87. The molecular formula is C11H15F3N2. The molecule has 0 amide bonds. The molecule has 2 aliphatic rings. The minimum atomic E-state index is -4.12. The van der Waals surface area contributed by atoms with Gasteiger partial charge in [0.2, 0.25) is 0 Å². The van der Waals surface area contributed by atoms with Crippen molar-refractivity contribution < 1.29 is 13.2 Å². The van der Waals surface area contributed by atoms with E-state index in [-0.39, 0.29) is 18.8 Å². The molecule has 2 fully saturated rings. The monoisotopic (exact) mass is 232 g/mol. The van der Waals surface area contributed by atoms with E-state index in [1.54, 1.807) is 4.90 Å². The Labute approximate surface area is 93.0 Å². The summed E-state index contributed by atoms with van der Waals surface area (Å²) >= 11 is 0. The van der Waals surface area contributed by atoms with Crippen molar-refractivity contribution in [1.82, 2.24) is 4.90 Å². The van der Waals surface area contributed by atoms with Crippen molar-refractivity contribution in [2.75, 3.05) is 13.1 Å². The second-order valence-corrected chi connectivity index (χ2v) is 4.77. The van der Waals surface area contributed by atoms with E-state index in [1.807, 2.05) is 0 Å². The summed E-state index contributed by atoms with van der Waals surface area (Å²) in [5.74, 6) is -0.0541. The van der Waals surface area contributed by atoms with E-state index in [9.17, 15) is 13.2 Å². The maximum absolute atomic E-state index is 13.0. The van der Waals surface area contributed by atoms with Crippen LogP contribution in [0.1, 0.15) is 32.1 Å². The summed E-state index contributed by atoms with van der Waals surface area (Å²) in [5.41, 5.74) is -1.56. The van der Waals surface area contributed by atoms with Gasteiger partial charge in [0.05, 0.1) is 6.07 Å². The molecule has 1 saturated heterocycles. The highest BCUT2D eigenvalue weighted by Gasteiger charge is 2.61. The van der Waals surface area contributed by atoms with Crippen LogP contribution in [0.2, 0.25) is 0 Å². The maximum Gasteiger partial charge on any atom is 0.406 e. The SMILES string of the molecule is N#CC1CCN(C2(C(F)(F)F)CCC2)CC1. The number of nitriles is 1. The van der Waals surface area contributed by atoms with E-state index in [0.29, 0.717) is 32.4 Å². The molecule has 90 valence electrons. The van der Waals surface area contributed by atoms with Crippen molar-refractivity contribution in [1.29, 1.82) is 5.26 Å². The Morgan fingerprint density at radius 1 is 1.19 bits per heavy atom. The summed E-state index contributed by atoms with van der Waals surface area (Å²) in [6.07, 6.45) is -1.84. The van der Waals surface area contributed by atoms with E-state index in [0.717, 1.165) is 0 Å². The highest BCUT2D eigenvalue weighted by atomic mass is 19.4. The number of hydrogen-bond acceptors (Lipinski definition) is 2. The molecule has 0 radical (unpaired) electrons. The quantitative estimate of drug-likeness (QED) is 0.695. The molecule has 2 nitrogen and oxygen atoms in total. The lowest BCUT2D eigenvalue weighted by molar-refractivity contribution is -0.260. The fourth-order valence-corrected chi connectivity index (χ4v) is 2.73. The molecule has 1 aliphatic carbocycles. The second-order valence-electron chi connectivity index (χ2n) is 4.77. The lowest BCUT2D eigenvalue weighted by atomic mass is 9.73. The van der Waals surface area contributed by atoms with Gasteiger partial charge in [-0.2, -0.15) is 18.4 Å². The molecule has 16 heavy (non-hydrogen) atoms. The zero-order chi connectivity index (χ0) is 11.8. The molecule has 5 heteroatoms. The number of halogens is 3. The summed E-state index contributed by atoms with van der Waals surface area (Å²) in [6, 6.07) is 2.14. The molecule has 2 rings (SSSR count). The Balaban J connectivity index is 2.05. The molecule has 0 aromatic heterocycles. The molecule has 0 unspecified atom stereocenters. The molecule has 1 aliphatic heterocycles. The molecule has 1 saturated carbocycles. The molecule has 0 spiro atoms. The fraction of sp³-hybridized carbons (Fsp3) is 0.909. The van der Waals surface area contributed by atoms with Crippen molar-refractivity contribution in [2.24, 2.45) is 5.92 Å². The van der Waals surface area contributed by atoms with Crippen molar-refractivity contribution in [3.8, 4) is 6.07 Å². The first-order valence-corrected chi connectivity index (χ1v) is 5.71. The molecule has 0 N–H and O–H groups in total. The van der Waals surface area contributed by atoms with Crippen LogP contribution in [-0.2, 0) is 0 Å². The third kappa shape index (κ3) is 1.69. The maximum atomic E-state index is 13.0. The van der Waals surface area contributed by atoms with Gasteiger partial charge in [-0.1, -0.05) is 0 Å². The summed E-state index contributed by atoms with van der Waals surface area (Å²) < 4.78 is 39.0. The number of rotatable bonds is 1. The summed E-state index contributed by atoms with van der Waals surface area (Å²) in [5, 5.41) is 8.72. The van der Waals surface area contributed by atoms with Crippen molar-refractivity contribution in [3.63, 3.8) is 0 Å². The van der Waals surface area contributed by atoms with E-state index < -0.39 is 11.7 Å². The highest BCUT2D eigenvalue weighted by Crippen LogP contribution is 2.50. The first-order valence-electron chi connectivity index (χ1n) is 5.71. The summed E-state index contributed by atoms with van der Waals surface area (Å²) in [4.78, 5) is 1.56. The van der Waals surface area contributed by atoms with E-state index >= 15 is 0 Å². The molecule has 0 bridgehead atoms. The minimum absolute atomic E-state index is 0.0541. The van der Waals surface area contributed by atoms with Crippen LogP contribution in [0.15, 0.2) is 0 Å². The summed E-state index contributed by atoms with van der Waals surface area (Å²) in [6.45, 7) is 0.829. The molecule has 0 aromatic rings. The van der Waals surface area contributed by atoms with Crippen molar-refractivity contribution >= 4 is 0 Å². The van der Waals surface area contributed by atoms with Crippen LogP contribution in [0.4, 0.5) is 13.2 Å². The standard InChI is InChI=1S/C11H15F3N2/c12-11(13,14)10(4-1-5-10)16-6-2-9(8-15)3-7-16/h9H,1-7H2. The van der Waals surface area contributed by atoms with Crippen LogP contribution >= 0.6 is 0 Å². The minimum Gasteiger partial charge on any atom is -0.290 e. The van der Waals surface area contributed by atoms with Crippen molar-refractivity contribution in [3.05, 3.63) is 0 Å². The normalized spacial score (nSPS) is 27.1. The Bertz CT molecular complexity index is 293. The van der Waals surface area contributed by atoms with Crippen LogP contribution in [0.5, 0.6) is 0 Å². The van der Waals surface area contributed by atoms with Crippen LogP contribution in [-0.4, -0.2) is 29.7 Å². The number of hydrogen-bond donors (Lipinski definition) is 0. The smallest absolute Gasteiger partial charge is 0.290 e. The number of alkyl halides is 3. The Morgan fingerprint density at radius 2 is 1.75 bits per heavy atom. The van der Waals surface area contributed by atoms with Gasteiger partial charge in [-0.15, -0.1) is 0 Å². The highest BCUT2D eigenvalue weighted by molar-refractivity contribution is 5.05. The number of likely N-dealkylation sites (tertiary alicyclic amines) is 1. The molecule has 0 aromatic carbocycles. The van der Waals surface area contributed by atoms with Gasteiger partial charge in [-0.3, -0.25) is 4.90 Å². The van der Waals surface area contributed by atoms with Crippen LogP contribution in [0, 0.1) is 17.2 Å². The lowest BCUT2D eigenvalue weighted by Crippen LogP contribution is -2.64. The third-order valence-electron chi connectivity index (χ3n) is 3.99. The first kappa shape index (κ1) is 11.7. The van der Waals surface area contributed by atoms with Gasteiger partial charge in [0, 0.05) is 19.0 Å². The van der Waals surface area contributed by atoms with Gasteiger partial charge in [-0.25, -0.2) is 0 Å². The van der Waals surface area contributed by atoms with Crippen LogP contribution < -0.4 is 0 Å². The molecule has 0 atom stereocenters. The Morgan fingerprint density at radius 3 is 2.06 bits per heavy atom. The Hall–Kier alpha value is -0.760. The zero-order valence-electron chi connectivity index (χ0n) is 9.06. The number of nitrogens with zero attached hydrogens (tertiary/aromatic N) is 2. The largest absolute Gasteiger partial charge is 0.406 e. The van der Waals surface area contributed by atoms with Gasteiger partial charge in [0.25, 0.3) is 0 Å². The third-order valence-corrected chi connectivity index (χ3v) is 3.99. The average molecular weight is 232 g/mol. The van der Waals surface area contributed by atoms with Crippen molar-refractivity contribution in [2.45, 2.75) is 43.8 Å².